The van der Waals surface area contributed by atoms with Crippen LogP contribution in [0, 0.1) is 17.1 Å². The Kier molecular flexibility index (Phi) is 5.05. The van der Waals surface area contributed by atoms with Gasteiger partial charge in [0, 0.05) is 24.2 Å². The van der Waals surface area contributed by atoms with E-state index >= 15 is 0 Å². The van der Waals surface area contributed by atoms with E-state index in [2.05, 4.69) is 0 Å². The van der Waals surface area contributed by atoms with Crippen molar-refractivity contribution in [2.75, 3.05) is 11.4 Å². The number of amides is 2. The third-order valence-corrected chi connectivity index (χ3v) is 3.23. The van der Waals surface area contributed by atoms with Crippen LogP contribution < -0.4 is 10.6 Å². The summed E-state index contributed by atoms with van der Waals surface area (Å²) in [7, 11) is 0. The van der Waals surface area contributed by atoms with E-state index in [-0.39, 0.29) is 18.9 Å². The number of benzene rings is 2. The lowest BCUT2D eigenvalue weighted by atomic mass is 10.1. The van der Waals surface area contributed by atoms with Crippen molar-refractivity contribution in [3.8, 4) is 6.07 Å². The Labute approximate surface area is 132 Å². The lowest BCUT2D eigenvalue weighted by molar-refractivity contribution is -0.117. The molecule has 0 fully saturated rings. The number of nitrogens with zero attached hydrogens (tertiary/aromatic N) is 2. The standard InChI is InChI=1S/C17H14FN3O2/c18-14-5-7-15(8-6-14)21(10-9-16(20)22)17(23)13-3-1-12(11-19)2-4-13/h1-8H,9-10H2,(H2,20,22). The van der Waals surface area contributed by atoms with Gasteiger partial charge < -0.3 is 10.6 Å². The Balaban J connectivity index is 2.31. The summed E-state index contributed by atoms with van der Waals surface area (Å²) < 4.78 is 13.1. The number of rotatable bonds is 5. The first-order valence-electron chi connectivity index (χ1n) is 6.87. The van der Waals surface area contributed by atoms with E-state index in [4.69, 9.17) is 11.0 Å². The van der Waals surface area contributed by atoms with Crippen molar-refractivity contribution < 1.29 is 14.0 Å². The first-order chi connectivity index (χ1) is 11.0. The van der Waals surface area contributed by atoms with Gasteiger partial charge in [-0.1, -0.05) is 0 Å². The fourth-order valence-corrected chi connectivity index (χ4v) is 2.03. The molecular weight excluding hydrogens is 297 g/mol. The molecule has 6 heteroatoms. The Hall–Kier alpha value is -3.20. The fourth-order valence-electron chi connectivity index (χ4n) is 2.03. The van der Waals surface area contributed by atoms with Crippen molar-refractivity contribution in [2.45, 2.75) is 6.42 Å². The number of primary amides is 1. The van der Waals surface area contributed by atoms with Crippen LogP contribution in [0.3, 0.4) is 0 Å². The van der Waals surface area contributed by atoms with Crippen molar-refractivity contribution in [2.24, 2.45) is 5.73 Å². The number of carbonyl (C=O) groups is 2. The summed E-state index contributed by atoms with van der Waals surface area (Å²) in [5.74, 6) is -1.32. The maximum Gasteiger partial charge on any atom is 0.258 e. The summed E-state index contributed by atoms with van der Waals surface area (Å²) in [5, 5.41) is 8.79. The van der Waals surface area contributed by atoms with Crippen LogP contribution in [0.25, 0.3) is 0 Å². The van der Waals surface area contributed by atoms with Gasteiger partial charge in [0.1, 0.15) is 5.82 Å². The summed E-state index contributed by atoms with van der Waals surface area (Å²) in [6.45, 7) is 0.0831. The van der Waals surface area contributed by atoms with Gasteiger partial charge in [-0.3, -0.25) is 9.59 Å². The highest BCUT2D eigenvalue weighted by Crippen LogP contribution is 2.18. The second-order valence-electron chi connectivity index (χ2n) is 4.84. The maximum absolute atomic E-state index is 13.1. The van der Waals surface area contributed by atoms with Gasteiger partial charge in [-0.2, -0.15) is 5.26 Å². The predicted molar refractivity (Wildman–Crippen MR) is 83.0 cm³/mol. The van der Waals surface area contributed by atoms with E-state index in [0.29, 0.717) is 16.8 Å². The lowest BCUT2D eigenvalue weighted by Gasteiger charge is -2.22. The average molecular weight is 311 g/mol. The van der Waals surface area contributed by atoms with E-state index in [9.17, 15) is 14.0 Å². The van der Waals surface area contributed by atoms with Crippen LogP contribution >= 0.6 is 0 Å². The molecule has 0 aliphatic carbocycles. The highest BCUT2D eigenvalue weighted by atomic mass is 19.1. The minimum atomic E-state index is -0.537. The van der Waals surface area contributed by atoms with Crippen LogP contribution in [0.4, 0.5) is 10.1 Å². The topological polar surface area (TPSA) is 87.2 Å². The van der Waals surface area contributed by atoms with E-state index in [1.54, 1.807) is 0 Å². The van der Waals surface area contributed by atoms with Crippen molar-refractivity contribution in [1.82, 2.24) is 0 Å². The minimum absolute atomic E-state index is 0.0145. The quantitative estimate of drug-likeness (QED) is 0.918. The van der Waals surface area contributed by atoms with Crippen molar-refractivity contribution >= 4 is 17.5 Å². The molecule has 116 valence electrons. The molecule has 0 radical (unpaired) electrons. The Morgan fingerprint density at radius 1 is 1.09 bits per heavy atom. The molecule has 5 nitrogen and oxygen atoms in total. The third-order valence-electron chi connectivity index (χ3n) is 3.23. The van der Waals surface area contributed by atoms with Crippen molar-refractivity contribution in [3.63, 3.8) is 0 Å². The van der Waals surface area contributed by atoms with Crippen LogP contribution in [0.15, 0.2) is 48.5 Å². The second kappa shape index (κ2) is 7.18. The van der Waals surface area contributed by atoms with Crippen molar-refractivity contribution in [3.05, 3.63) is 65.5 Å². The van der Waals surface area contributed by atoms with Gasteiger partial charge in [0.2, 0.25) is 5.91 Å². The highest BCUT2D eigenvalue weighted by molar-refractivity contribution is 6.06. The molecule has 0 aliphatic rings. The summed E-state index contributed by atoms with van der Waals surface area (Å²) in [6, 6.07) is 13.5. The van der Waals surface area contributed by atoms with Gasteiger partial charge in [-0.05, 0) is 48.5 Å². The van der Waals surface area contributed by atoms with Gasteiger partial charge in [0.25, 0.3) is 5.91 Å². The van der Waals surface area contributed by atoms with Crippen LogP contribution in [0.1, 0.15) is 22.3 Å². The molecule has 2 N–H and O–H groups in total. The zero-order valence-corrected chi connectivity index (χ0v) is 12.2. The van der Waals surface area contributed by atoms with Crippen LogP contribution in [0.5, 0.6) is 0 Å². The molecule has 2 aromatic carbocycles. The largest absolute Gasteiger partial charge is 0.370 e. The molecule has 2 aromatic rings. The number of anilines is 1. The van der Waals surface area contributed by atoms with Gasteiger partial charge in [-0.25, -0.2) is 4.39 Å². The fraction of sp³-hybridized carbons (Fsp3) is 0.118. The Bertz CT molecular complexity index is 749. The van der Waals surface area contributed by atoms with Gasteiger partial charge in [-0.15, -0.1) is 0 Å². The predicted octanol–water partition coefficient (Wildman–Crippen LogP) is 2.22. The molecule has 0 saturated heterocycles. The molecule has 0 aliphatic heterocycles. The lowest BCUT2D eigenvalue weighted by Crippen LogP contribution is -2.34. The molecule has 2 amide bonds. The zero-order valence-electron chi connectivity index (χ0n) is 12.2. The molecule has 0 bridgehead atoms. The third kappa shape index (κ3) is 4.14. The van der Waals surface area contributed by atoms with Crippen LogP contribution in [-0.2, 0) is 4.79 Å². The van der Waals surface area contributed by atoms with E-state index in [0.717, 1.165) is 0 Å². The highest BCUT2D eigenvalue weighted by Gasteiger charge is 2.18. The first kappa shape index (κ1) is 16.2. The van der Waals surface area contributed by atoms with Gasteiger partial charge in [0.15, 0.2) is 0 Å². The number of hydrogen-bond donors (Lipinski definition) is 1. The number of hydrogen-bond acceptors (Lipinski definition) is 3. The molecule has 0 heterocycles. The van der Waals surface area contributed by atoms with Crippen LogP contribution in [0.2, 0.25) is 0 Å². The van der Waals surface area contributed by atoms with Crippen LogP contribution in [-0.4, -0.2) is 18.4 Å². The van der Waals surface area contributed by atoms with E-state index in [1.807, 2.05) is 6.07 Å². The van der Waals surface area contributed by atoms with Crippen molar-refractivity contribution in [1.29, 1.82) is 5.26 Å². The normalized spacial score (nSPS) is 9.91. The molecular formula is C17H14FN3O2. The second-order valence-corrected chi connectivity index (χ2v) is 4.84. The molecule has 2 rings (SSSR count). The molecule has 23 heavy (non-hydrogen) atoms. The molecule has 0 unspecified atom stereocenters. The Morgan fingerprint density at radius 3 is 2.22 bits per heavy atom. The Morgan fingerprint density at radius 2 is 1.70 bits per heavy atom. The monoisotopic (exact) mass is 311 g/mol. The summed E-state index contributed by atoms with van der Waals surface area (Å²) >= 11 is 0. The molecule has 0 atom stereocenters. The number of halogens is 1. The molecule has 0 spiro atoms. The first-order valence-corrected chi connectivity index (χ1v) is 6.87. The smallest absolute Gasteiger partial charge is 0.258 e. The number of nitriles is 1. The maximum atomic E-state index is 13.1. The zero-order chi connectivity index (χ0) is 16.8. The van der Waals surface area contributed by atoms with E-state index in [1.165, 1.54) is 53.4 Å². The number of nitrogens with two attached hydrogens (primary N) is 1. The van der Waals surface area contributed by atoms with Gasteiger partial charge >= 0.3 is 0 Å². The summed E-state index contributed by atoms with van der Waals surface area (Å²) in [5.41, 5.74) is 6.40. The SMILES string of the molecule is N#Cc1ccc(C(=O)N(CCC(N)=O)c2ccc(F)cc2)cc1. The minimum Gasteiger partial charge on any atom is -0.370 e. The summed E-state index contributed by atoms with van der Waals surface area (Å²) in [4.78, 5) is 25.0. The van der Waals surface area contributed by atoms with Gasteiger partial charge in [0.05, 0.1) is 11.6 Å². The average Bonchev–Trinajstić information content (AvgIpc) is 2.56. The molecule has 0 saturated carbocycles. The van der Waals surface area contributed by atoms with E-state index < -0.39 is 11.7 Å². The number of carbonyl (C=O) groups excluding carboxylic acids is 2. The summed E-state index contributed by atoms with van der Waals surface area (Å²) in [6.07, 6.45) is -0.0145. The molecule has 0 aromatic heterocycles.